The van der Waals surface area contributed by atoms with Crippen LogP contribution >= 0.6 is 11.3 Å². The fraction of sp³-hybridized carbons (Fsp3) is 0.333. The van der Waals surface area contributed by atoms with Crippen molar-refractivity contribution in [3.63, 3.8) is 0 Å². The van der Waals surface area contributed by atoms with Gasteiger partial charge >= 0.3 is 5.97 Å². The van der Waals surface area contributed by atoms with Gasteiger partial charge in [-0.2, -0.15) is 0 Å². The van der Waals surface area contributed by atoms with E-state index in [4.69, 9.17) is 5.11 Å². The second-order valence-electron chi connectivity index (χ2n) is 6.11. The minimum Gasteiger partial charge on any atom is -0.481 e. The molecular formula is C18H21N3O4S. The molecule has 2 rings (SSSR count). The third kappa shape index (κ3) is 6.29. The monoisotopic (exact) mass is 375 g/mol. The molecule has 0 saturated heterocycles. The maximum Gasteiger partial charge on any atom is 0.303 e. The van der Waals surface area contributed by atoms with Crippen LogP contribution in [0, 0.1) is 5.92 Å². The smallest absolute Gasteiger partial charge is 0.303 e. The Kier molecular flexibility index (Phi) is 6.85. The molecule has 26 heavy (non-hydrogen) atoms. The van der Waals surface area contributed by atoms with Crippen molar-refractivity contribution < 1.29 is 19.5 Å². The number of hydrogen-bond acceptors (Lipinski definition) is 5. The summed E-state index contributed by atoms with van der Waals surface area (Å²) in [6.45, 7) is 3.59. The van der Waals surface area contributed by atoms with Gasteiger partial charge in [0.15, 0.2) is 5.13 Å². The molecule has 1 aromatic carbocycles. The van der Waals surface area contributed by atoms with Crippen molar-refractivity contribution in [3.8, 4) is 0 Å². The van der Waals surface area contributed by atoms with E-state index in [1.165, 1.54) is 11.3 Å². The van der Waals surface area contributed by atoms with E-state index < -0.39 is 5.97 Å². The van der Waals surface area contributed by atoms with E-state index in [0.717, 1.165) is 5.56 Å². The van der Waals surface area contributed by atoms with Crippen molar-refractivity contribution in [2.75, 3.05) is 10.6 Å². The van der Waals surface area contributed by atoms with E-state index in [2.05, 4.69) is 15.6 Å². The van der Waals surface area contributed by atoms with Crippen LogP contribution in [-0.2, 0) is 27.2 Å². The number of carbonyl (C=O) groups is 3. The minimum absolute atomic E-state index is 0.0428. The zero-order chi connectivity index (χ0) is 19.1. The second-order valence-corrected chi connectivity index (χ2v) is 6.97. The highest BCUT2D eigenvalue weighted by Crippen LogP contribution is 2.18. The van der Waals surface area contributed by atoms with Crippen molar-refractivity contribution >= 4 is 39.9 Å². The predicted molar refractivity (Wildman–Crippen MR) is 100 cm³/mol. The number of thiazole rings is 1. The highest BCUT2D eigenvalue weighted by atomic mass is 32.1. The Morgan fingerprint density at radius 1 is 1.23 bits per heavy atom. The summed E-state index contributed by atoms with van der Waals surface area (Å²) in [6, 6.07) is 7.10. The summed E-state index contributed by atoms with van der Waals surface area (Å²) in [7, 11) is 0. The quantitative estimate of drug-likeness (QED) is 0.657. The van der Waals surface area contributed by atoms with Crippen molar-refractivity contribution in [2.24, 2.45) is 5.92 Å². The number of anilines is 2. The molecule has 0 bridgehead atoms. The Morgan fingerprint density at radius 2 is 2.00 bits per heavy atom. The zero-order valence-electron chi connectivity index (χ0n) is 14.6. The average Bonchev–Trinajstić information content (AvgIpc) is 2.99. The first-order valence-electron chi connectivity index (χ1n) is 8.19. The van der Waals surface area contributed by atoms with Gasteiger partial charge in [-0.1, -0.05) is 26.0 Å². The number of hydrogen-bond donors (Lipinski definition) is 3. The van der Waals surface area contributed by atoms with Gasteiger partial charge in [0.25, 0.3) is 0 Å². The minimum atomic E-state index is -0.858. The number of aryl methyl sites for hydroxylation is 1. The van der Waals surface area contributed by atoms with Crippen LogP contribution in [0.2, 0.25) is 0 Å². The summed E-state index contributed by atoms with van der Waals surface area (Å²) in [4.78, 5) is 38.7. The normalized spacial score (nSPS) is 10.6. The number of carboxylic acids is 1. The first kappa shape index (κ1) is 19.6. The van der Waals surface area contributed by atoms with Gasteiger partial charge in [0.1, 0.15) is 0 Å². The number of carboxylic acid groups (broad SMARTS) is 1. The third-order valence-electron chi connectivity index (χ3n) is 3.49. The topological polar surface area (TPSA) is 108 Å². The van der Waals surface area contributed by atoms with Crippen LogP contribution in [0.25, 0.3) is 0 Å². The zero-order valence-corrected chi connectivity index (χ0v) is 15.4. The van der Waals surface area contributed by atoms with E-state index in [-0.39, 0.29) is 30.6 Å². The fourth-order valence-corrected chi connectivity index (χ4v) is 2.83. The van der Waals surface area contributed by atoms with Crippen molar-refractivity contribution in [1.82, 2.24) is 4.98 Å². The predicted octanol–water partition coefficient (Wildman–Crippen LogP) is 2.94. The molecule has 2 amide bonds. The molecule has 0 spiro atoms. The molecule has 0 aliphatic rings. The van der Waals surface area contributed by atoms with Crippen molar-refractivity contribution in [1.29, 1.82) is 0 Å². The number of aromatic nitrogens is 1. The fourth-order valence-electron chi connectivity index (χ4n) is 2.12. The van der Waals surface area contributed by atoms with E-state index in [1.54, 1.807) is 37.4 Å². The lowest BCUT2D eigenvalue weighted by Gasteiger charge is -2.06. The van der Waals surface area contributed by atoms with E-state index >= 15 is 0 Å². The van der Waals surface area contributed by atoms with Gasteiger partial charge in [0.2, 0.25) is 11.8 Å². The molecule has 0 aliphatic heterocycles. The van der Waals surface area contributed by atoms with Gasteiger partial charge in [-0.25, -0.2) is 4.98 Å². The second kappa shape index (κ2) is 9.10. The van der Waals surface area contributed by atoms with Crippen LogP contribution in [0.4, 0.5) is 10.8 Å². The van der Waals surface area contributed by atoms with Gasteiger partial charge in [-0.3, -0.25) is 14.4 Å². The maximum atomic E-state index is 12.2. The molecule has 0 radical (unpaired) electrons. The van der Waals surface area contributed by atoms with Crippen LogP contribution in [0.1, 0.15) is 31.5 Å². The Bertz CT molecular complexity index is 801. The Balaban J connectivity index is 1.91. The molecule has 1 heterocycles. The number of carbonyl (C=O) groups excluding carboxylic acids is 2. The maximum absolute atomic E-state index is 12.2. The van der Waals surface area contributed by atoms with Gasteiger partial charge < -0.3 is 15.7 Å². The summed E-state index contributed by atoms with van der Waals surface area (Å²) in [5, 5.41) is 16.4. The Morgan fingerprint density at radius 3 is 2.69 bits per heavy atom. The molecule has 0 atom stereocenters. The van der Waals surface area contributed by atoms with Crippen LogP contribution in [0.5, 0.6) is 0 Å². The Hall–Kier alpha value is -2.74. The third-order valence-corrected chi connectivity index (χ3v) is 4.29. The lowest BCUT2D eigenvalue weighted by Crippen LogP contribution is -2.18. The molecule has 1 aromatic heterocycles. The van der Waals surface area contributed by atoms with Gasteiger partial charge in [0, 0.05) is 23.4 Å². The van der Waals surface area contributed by atoms with Crippen LogP contribution in [-0.4, -0.2) is 27.9 Å². The van der Waals surface area contributed by atoms with E-state index in [1.807, 2.05) is 6.07 Å². The number of amides is 2. The molecule has 2 aromatic rings. The lowest BCUT2D eigenvalue weighted by atomic mass is 10.1. The standard InChI is InChI=1S/C18H21N3O4S/c1-11(2)17(25)21-18-20-14(10-26-18)9-15(22)19-13-5-3-4-12(8-13)6-7-16(23)24/h3-5,8,10-11H,6-7,9H2,1-2H3,(H,19,22)(H,23,24)(H,20,21,25). The highest BCUT2D eigenvalue weighted by molar-refractivity contribution is 7.13. The molecule has 0 aliphatic carbocycles. The molecule has 0 saturated carbocycles. The molecular weight excluding hydrogens is 354 g/mol. The van der Waals surface area contributed by atoms with Crippen LogP contribution < -0.4 is 10.6 Å². The first-order valence-corrected chi connectivity index (χ1v) is 9.07. The average molecular weight is 375 g/mol. The summed E-state index contributed by atoms with van der Waals surface area (Å²) in [5.74, 6) is -1.34. The number of rotatable bonds is 8. The van der Waals surface area contributed by atoms with Crippen LogP contribution in [0.15, 0.2) is 29.6 Å². The van der Waals surface area contributed by atoms with Gasteiger partial charge in [-0.05, 0) is 24.1 Å². The largest absolute Gasteiger partial charge is 0.481 e. The van der Waals surface area contributed by atoms with Gasteiger partial charge in [0.05, 0.1) is 12.1 Å². The van der Waals surface area contributed by atoms with E-state index in [0.29, 0.717) is 22.9 Å². The first-order chi connectivity index (χ1) is 12.3. The summed E-state index contributed by atoms with van der Waals surface area (Å²) in [5.41, 5.74) is 2.03. The highest BCUT2D eigenvalue weighted by Gasteiger charge is 2.12. The molecule has 138 valence electrons. The summed E-state index contributed by atoms with van der Waals surface area (Å²) >= 11 is 1.28. The van der Waals surface area contributed by atoms with Gasteiger partial charge in [-0.15, -0.1) is 11.3 Å². The number of benzene rings is 1. The van der Waals surface area contributed by atoms with Crippen molar-refractivity contribution in [2.45, 2.75) is 33.1 Å². The SMILES string of the molecule is CC(C)C(=O)Nc1nc(CC(=O)Nc2cccc(CCC(=O)O)c2)cs1. The number of nitrogens with one attached hydrogen (secondary N) is 2. The summed E-state index contributed by atoms with van der Waals surface area (Å²) < 4.78 is 0. The molecule has 7 nitrogen and oxygen atoms in total. The molecule has 3 N–H and O–H groups in total. The molecule has 0 fully saturated rings. The molecule has 8 heteroatoms. The number of nitrogens with zero attached hydrogens (tertiary/aromatic N) is 1. The lowest BCUT2D eigenvalue weighted by molar-refractivity contribution is -0.137. The van der Waals surface area contributed by atoms with Crippen LogP contribution in [0.3, 0.4) is 0 Å². The molecule has 0 unspecified atom stereocenters. The Labute approximate surface area is 155 Å². The number of aliphatic carboxylic acids is 1. The van der Waals surface area contributed by atoms with Crippen molar-refractivity contribution in [3.05, 3.63) is 40.9 Å². The summed E-state index contributed by atoms with van der Waals surface area (Å²) in [6.07, 6.45) is 0.540. The van der Waals surface area contributed by atoms with E-state index in [9.17, 15) is 14.4 Å².